The molecular formula is C21H34N6. The zero-order chi connectivity index (χ0) is 19.4. The fourth-order valence-electron chi connectivity index (χ4n) is 3.72. The Morgan fingerprint density at radius 2 is 2.19 bits per heavy atom. The first-order chi connectivity index (χ1) is 13.0. The number of nitrogens with zero attached hydrogens (tertiary/aromatic N) is 4. The number of fused-ring (bicyclic) bond motifs is 1. The molecule has 27 heavy (non-hydrogen) atoms. The van der Waals surface area contributed by atoms with Crippen LogP contribution >= 0.6 is 0 Å². The van der Waals surface area contributed by atoms with Crippen LogP contribution in [0.15, 0.2) is 29.5 Å². The first kappa shape index (κ1) is 19.7. The molecule has 1 aliphatic heterocycles. The minimum atomic E-state index is 0.447. The van der Waals surface area contributed by atoms with Gasteiger partial charge < -0.3 is 15.0 Å². The Labute approximate surface area is 163 Å². The van der Waals surface area contributed by atoms with Crippen LogP contribution in [0, 0.1) is 12.8 Å². The van der Waals surface area contributed by atoms with E-state index in [9.17, 15) is 0 Å². The smallest absolute Gasteiger partial charge is 0.191 e. The zero-order valence-electron chi connectivity index (χ0n) is 17.4. The Morgan fingerprint density at radius 3 is 2.85 bits per heavy atom. The number of pyridine rings is 1. The highest BCUT2D eigenvalue weighted by atomic mass is 15.3. The standard InChI is InChI=1S/C21H34N6/c1-6-22-21(25-19-14-27(15(2)3)12-17(19)5)23-10-9-18-13-26-11-7-8-16(4)20(26)24-18/h7-8,11,13,15,17,19H,6,9-10,12,14H2,1-5H3,(H2,22,23,25). The zero-order valence-corrected chi connectivity index (χ0v) is 17.4. The number of aliphatic imine (C=N–C) groups is 1. The summed E-state index contributed by atoms with van der Waals surface area (Å²) in [6, 6.07) is 5.20. The predicted molar refractivity (Wildman–Crippen MR) is 112 cm³/mol. The summed E-state index contributed by atoms with van der Waals surface area (Å²) in [5.41, 5.74) is 3.33. The van der Waals surface area contributed by atoms with Gasteiger partial charge in [-0.15, -0.1) is 0 Å². The molecule has 0 aromatic carbocycles. The van der Waals surface area contributed by atoms with E-state index in [1.54, 1.807) is 0 Å². The van der Waals surface area contributed by atoms with Gasteiger partial charge in [0.1, 0.15) is 5.65 Å². The highest BCUT2D eigenvalue weighted by Crippen LogP contribution is 2.18. The molecule has 0 saturated carbocycles. The molecule has 0 radical (unpaired) electrons. The number of hydrogen-bond donors (Lipinski definition) is 2. The number of nitrogens with one attached hydrogen (secondary N) is 2. The largest absolute Gasteiger partial charge is 0.357 e. The van der Waals surface area contributed by atoms with Crippen molar-refractivity contribution in [3.05, 3.63) is 35.8 Å². The number of aryl methyl sites for hydroxylation is 1. The highest BCUT2D eigenvalue weighted by Gasteiger charge is 2.31. The van der Waals surface area contributed by atoms with Crippen molar-refractivity contribution in [1.29, 1.82) is 0 Å². The van der Waals surface area contributed by atoms with Crippen molar-refractivity contribution in [1.82, 2.24) is 24.9 Å². The Hall–Kier alpha value is -2.08. The van der Waals surface area contributed by atoms with Gasteiger partial charge in [0, 0.05) is 57.1 Å². The van der Waals surface area contributed by atoms with Crippen molar-refractivity contribution < 1.29 is 0 Å². The van der Waals surface area contributed by atoms with Gasteiger partial charge in [-0.05, 0) is 45.2 Å². The lowest BCUT2D eigenvalue weighted by atomic mass is 10.1. The maximum Gasteiger partial charge on any atom is 0.191 e. The molecule has 1 saturated heterocycles. The minimum absolute atomic E-state index is 0.447. The maximum atomic E-state index is 4.80. The SMILES string of the molecule is CCNC(=NCCc1cn2cccc(C)c2n1)NC1CN(C(C)C)CC1C. The summed E-state index contributed by atoms with van der Waals surface area (Å²) in [5, 5.41) is 7.04. The quantitative estimate of drug-likeness (QED) is 0.606. The van der Waals surface area contributed by atoms with Crippen LogP contribution < -0.4 is 10.6 Å². The molecule has 1 aliphatic rings. The van der Waals surface area contributed by atoms with Crippen molar-refractivity contribution in [2.75, 3.05) is 26.2 Å². The van der Waals surface area contributed by atoms with E-state index in [0.29, 0.717) is 18.0 Å². The van der Waals surface area contributed by atoms with E-state index in [2.05, 4.69) is 79.1 Å². The van der Waals surface area contributed by atoms with E-state index < -0.39 is 0 Å². The third kappa shape index (κ3) is 4.80. The molecule has 148 valence electrons. The molecule has 3 rings (SSSR count). The molecule has 2 aromatic rings. The van der Waals surface area contributed by atoms with Crippen molar-refractivity contribution in [3.63, 3.8) is 0 Å². The number of aromatic nitrogens is 2. The molecule has 1 fully saturated rings. The summed E-state index contributed by atoms with van der Waals surface area (Å²) in [5.74, 6) is 1.54. The summed E-state index contributed by atoms with van der Waals surface area (Å²) in [7, 11) is 0. The number of rotatable bonds is 6. The van der Waals surface area contributed by atoms with Crippen molar-refractivity contribution in [2.24, 2.45) is 10.9 Å². The van der Waals surface area contributed by atoms with Crippen molar-refractivity contribution >= 4 is 11.6 Å². The topological polar surface area (TPSA) is 57.0 Å². The third-order valence-corrected chi connectivity index (χ3v) is 5.40. The molecule has 6 heteroatoms. The van der Waals surface area contributed by atoms with Gasteiger partial charge >= 0.3 is 0 Å². The Kier molecular flexibility index (Phi) is 6.37. The minimum Gasteiger partial charge on any atom is -0.357 e. The number of guanidine groups is 1. The summed E-state index contributed by atoms with van der Waals surface area (Å²) in [4.78, 5) is 12.1. The first-order valence-electron chi connectivity index (χ1n) is 10.2. The van der Waals surface area contributed by atoms with E-state index in [0.717, 1.165) is 49.9 Å². The molecule has 3 heterocycles. The van der Waals surface area contributed by atoms with Crippen LogP contribution in [0.3, 0.4) is 0 Å². The summed E-state index contributed by atoms with van der Waals surface area (Å²) in [6.45, 7) is 14.9. The molecule has 0 aliphatic carbocycles. The number of imidazole rings is 1. The molecule has 2 aromatic heterocycles. The van der Waals surface area contributed by atoms with Crippen LogP contribution in [0.4, 0.5) is 0 Å². The molecule has 2 unspecified atom stereocenters. The van der Waals surface area contributed by atoms with Gasteiger partial charge in [0.2, 0.25) is 0 Å². The van der Waals surface area contributed by atoms with Crippen LogP contribution in [0.25, 0.3) is 5.65 Å². The van der Waals surface area contributed by atoms with Crippen LogP contribution in [0.5, 0.6) is 0 Å². The highest BCUT2D eigenvalue weighted by molar-refractivity contribution is 5.80. The van der Waals surface area contributed by atoms with E-state index in [-0.39, 0.29) is 0 Å². The Balaban J connectivity index is 1.60. The first-order valence-corrected chi connectivity index (χ1v) is 10.2. The van der Waals surface area contributed by atoms with Crippen LogP contribution in [0.1, 0.15) is 39.0 Å². The van der Waals surface area contributed by atoms with Crippen molar-refractivity contribution in [2.45, 2.75) is 53.1 Å². The van der Waals surface area contributed by atoms with Gasteiger partial charge in [-0.2, -0.15) is 0 Å². The number of likely N-dealkylation sites (tertiary alicyclic amines) is 1. The van der Waals surface area contributed by atoms with Gasteiger partial charge in [0.15, 0.2) is 5.96 Å². The van der Waals surface area contributed by atoms with Crippen LogP contribution in [-0.4, -0.2) is 58.5 Å². The summed E-state index contributed by atoms with van der Waals surface area (Å²) in [6.07, 6.45) is 5.00. The number of hydrogen-bond acceptors (Lipinski definition) is 3. The monoisotopic (exact) mass is 370 g/mol. The fraction of sp³-hybridized carbons (Fsp3) is 0.619. The molecule has 2 atom stereocenters. The fourth-order valence-corrected chi connectivity index (χ4v) is 3.72. The van der Waals surface area contributed by atoms with Gasteiger partial charge in [0.25, 0.3) is 0 Å². The molecule has 0 bridgehead atoms. The van der Waals surface area contributed by atoms with E-state index in [4.69, 9.17) is 9.98 Å². The predicted octanol–water partition coefficient (Wildman–Crippen LogP) is 2.47. The molecule has 0 spiro atoms. The summed E-state index contributed by atoms with van der Waals surface area (Å²) >= 11 is 0. The van der Waals surface area contributed by atoms with Crippen LogP contribution in [0.2, 0.25) is 0 Å². The van der Waals surface area contributed by atoms with Gasteiger partial charge in [-0.25, -0.2) is 4.98 Å². The molecular weight excluding hydrogens is 336 g/mol. The van der Waals surface area contributed by atoms with Gasteiger partial charge in [-0.3, -0.25) is 9.89 Å². The lowest BCUT2D eigenvalue weighted by Crippen LogP contribution is -2.47. The van der Waals surface area contributed by atoms with Crippen LogP contribution in [-0.2, 0) is 6.42 Å². The molecule has 0 amide bonds. The second-order valence-electron chi connectivity index (χ2n) is 7.94. The van der Waals surface area contributed by atoms with E-state index >= 15 is 0 Å². The van der Waals surface area contributed by atoms with Crippen molar-refractivity contribution in [3.8, 4) is 0 Å². The Bertz CT molecular complexity index is 778. The van der Waals surface area contributed by atoms with Gasteiger partial charge in [-0.1, -0.05) is 13.0 Å². The lowest BCUT2D eigenvalue weighted by Gasteiger charge is -2.21. The molecule has 2 N–H and O–H groups in total. The Morgan fingerprint density at radius 1 is 1.37 bits per heavy atom. The third-order valence-electron chi connectivity index (χ3n) is 5.40. The normalized spacial score (nSPS) is 21.3. The molecule has 6 nitrogen and oxygen atoms in total. The van der Waals surface area contributed by atoms with E-state index in [1.165, 1.54) is 5.56 Å². The average Bonchev–Trinajstić information content (AvgIpc) is 3.20. The average molecular weight is 371 g/mol. The maximum absolute atomic E-state index is 4.80. The lowest BCUT2D eigenvalue weighted by molar-refractivity contribution is 0.265. The summed E-state index contributed by atoms with van der Waals surface area (Å²) < 4.78 is 2.10. The van der Waals surface area contributed by atoms with E-state index in [1.807, 2.05) is 0 Å². The van der Waals surface area contributed by atoms with Gasteiger partial charge in [0.05, 0.1) is 5.69 Å². The second-order valence-corrected chi connectivity index (χ2v) is 7.94. The second kappa shape index (κ2) is 8.74.